The number of alkyl carbamates (subject to hydrolysis) is 1. The fourth-order valence-corrected chi connectivity index (χ4v) is 5.96. The van der Waals surface area contributed by atoms with Gasteiger partial charge in [-0.25, -0.2) is 4.79 Å². The van der Waals surface area contributed by atoms with Crippen molar-refractivity contribution in [3.63, 3.8) is 0 Å². The lowest BCUT2D eigenvalue weighted by Crippen LogP contribution is -2.59. The first-order valence-electron chi connectivity index (χ1n) is 15.0. The minimum absolute atomic E-state index is 0.0481. The Morgan fingerprint density at radius 3 is 2.38 bits per heavy atom. The van der Waals surface area contributed by atoms with Gasteiger partial charge in [0.1, 0.15) is 37.2 Å². The highest BCUT2D eigenvalue weighted by Crippen LogP contribution is 2.30. The van der Waals surface area contributed by atoms with E-state index in [1.54, 1.807) is 24.3 Å². The fraction of sp³-hybridized carbons (Fsp3) is 0.419. The number of likely N-dealkylation sites (tertiary alicyclic amines) is 1. The highest BCUT2D eigenvalue weighted by Gasteiger charge is 2.38. The lowest BCUT2D eigenvalue weighted by molar-refractivity contribution is -0.146. The van der Waals surface area contributed by atoms with Gasteiger partial charge in [-0.15, -0.1) is 5.11 Å². The molecular formula is C31H40N7O8P. The predicted molar refractivity (Wildman–Crippen MR) is 173 cm³/mol. The number of Topliss-reactive ketones (excluding diaryl/α,β-unsaturated/α-hetero) is 1. The van der Waals surface area contributed by atoms with E-state index in [0.29, 0.717) is 12.8 Å². The van der Waals surface area contributed by atoms with Crippen molar-refractivity contribution >= 4 is 48.9 Å². The molecule has 15 nitrogen and oxygen atoms in total. The third-order valence-corrected chi connectivity index (χ3v) is 8.89. The highest BCUT2D eigenvalue weighted by atomic mass is 31.1. The van der Waals surface area contributed by atoms with Crippen LogP contribution in [0.3, 0.4) is 0 Å². The summed E-state index contributed by atoms with van der Waals surface area (Å²) in [5, 5.41) is 29.8. The molecule has 252 valence electrons. The fourth-order valence-electron chi connectivity index (χ4n) is 4.89. The van der Waals surface area contributed by atoms with Crippen LogP contribution in [0.5, 0.6) is 0 Å². The van der Waals surface area contributed by atoms with Gasteiger partial charge in [0.2, 0.25) is 11.8 Å². The van der Waals surface area contributed by atoms with E-state index in [0.717, 1.165) is 10.9 Å². The summed E-state index contributed by atoms with van der Waals surface area (Å²) < 4.78 is 11.0. The quantitative estimate of drug-likeness (QED) is 0.0441. The average molecular weight is 670 g/mol. The summed E-state index contributed by atoms with van der Waals surface area (Å²) in [6.07, 6.45) is -0.271. The Kier molecular flexibility index (Phi) is 14.9. The smallest absolute Gasteiger partial charge is 0.408 e. The maximum atomic E-state index is 13.9. The monoisotopic (exact) mass is 669 g/mol. The molecule has 47 heavy (non-hydrogen) atoms. The number of ether oxygens (including phenoxy) is 1. The van der Waals surface area contributed by atoms with Crippen molar-refractivity contribution in [2.24, 2.45) is 16.2 Å². The number of carboxylic acid groups (broad SMARTS) is 1. The number of nitrogens with zero attached hydrogens (tertiary/aromatic N) is 3. The minimum Gasteiger partial charge on any atom is -0.481 e. The van der Waals surface area contributed by atoms with Crippen LogP contribution in [0.25, 0.3) is 0 Å². The van der Waals surface area contributed by atoms with Gasteiger partial charge in [-0.2, -0.15) is 0 Å². The third-order valence-electron chi connectivity index (χ3n) is 7.34. The number of carbonyl (C=O) groups excluding carboxylic acids is 4. The summed E-state index contributed by atoms with van der Waals surface area (Å²) in [5.41, 5.74) is 0.731. The number of benzene rings is 2. The van der Waals surface area contributed by atoms with Crippen molar-refractivity contribution in [1.82, 2.24) is 15.5 Å². The molecule has 0 bridgehead atoms. The van der Waals surface area contributed by atoms with Crippen LogP contribution in [-0.4, -0.2) is 83.4 Å². The molecule has 6 N–H and O–H groups in total. The Bertz CT molecular complexity index is 1410. The van der Waals surface area contributed by atoms with E-state index in [1.807, 2.05) is 43.1 Å². The molecular weight excluding hydrogens is 629 g/mol. The first-order chi connectivity index (χ1) is 22.6. The molecule has 3 rings (SSSR count). The summed E-state index contributed by atoms with van der Waals surface area (Å²) in [6, 6.07) is 14.6. The molecule has 0 saturated carbocycles. The zero-order valence-electron chi connectivity index (χ0n) is 26.0. The van der Waals surface area contributed by atoms with E-state index < -0.39 is 69.0 Å². The van der Waals surface area contributed by atoms with Gasteiger partial charge in [0.05, 0.1) is 14.6 Å². The topological polar surface area (TPSA) is 226 Å². The van der Waals surface area contributed by atoms with E-state index in [-0.39, 0.29) is 38.2 Å². The number of nitrogens with one attached hydrogen (secondary N) is 3. The van der Waals surface area contributed by atoms with Gasteiger partial charge in [-0.3, -0.25) is 24.6 Å². The number of rotatable bonds is 16. The normalized spacial score (nSPS) is 16.4. The Morgan fingerprint density at radius 1 is 1.04 bits per heavy atom. The number of amidine groups is 1. The van der Waals surface area contributed by atoms with Gasteiger partial charge in [-0.1, -0.05) is 65.9 Å². The number of nitrogens with two attached hydrogens (primary N) is 1. The number of hydrogen-bond acceptors (Lipinski definition) is 9. The number of piperidine rings is 1. The Morgan fingerprint density at radius 2 is 1.72 bits per heavy atom. The summed E-state index contributed by atoms with van der Waals surface area (Å²) in [5.74, 6) is 1.59. The van der Waals surface area contributed by atoms with Crippen LogP contribution in [0.1, 0.15) is 44.1 Å². The first kappa shape index (κ1) is 36.7. The van der Waals surface area contributed by atoms with E-state index >= 15 is 0 Å². The van der Waals surface area contributed by atoms with Gasteiger partial charge in [0, 0.05) is 18.3 Å². The average Bonchev–Trinajstić information content (AvgIpc) is 3.08. The molecule has 0 aliphatic carbocycles. The van der Waals surface area contributed by atoms with E-state index in [4.69, 9.17) is 20.5 Å². The molecule has 2 aromatic carbocycles. The van der Waals surface area contributed by atoms with Crippen molar-refractivity contribution in [3.05, 3.63) is 66.2 Å². The predicted octanol–water partition coefficient (Wildman–Crippen LogP) is 2.64. The van der Waals surface area contributed by atoms with Gasteiger partial charge < -0.3 is 35.7 Å². The van der Waals surface area contributed by atoms with Crippen LogP contribution in [0.15, 0.2) is 71.0 Å². The zero-order valence-corrected chi connectivity index (χ0v) is 26.9. The molecule has 0 aromatic heterocycles. The largest absolute Gasteiger partial charge is 0.481 e. The van der Waals surface area contributed by atoms with Crippen molar-refractivity contribution in [1.29, 1.82) is 5.41 Å². The van der Waals surface area contributed by atoms with Gasteiger partial charge >= 0.3 is 12.1 Å². The second-order valence-corrected chi connectivity index (χ2v) is 12.5. The Balaban J connectivity index is 1.71. The van der Waals surface area contributed by atoms with Gasteiger partial charge in [0.25, 0.3) is 0 Å². The second-order valence-electron chi connectivity index (χ2n) is 10.7. The maximum Gasteiger partial charge on any atom is 0.408 e. The summed E-state index contributed by atoms with van der Waals surface area (Å²) >= 11 is 0. The van der Waals surface area contributed by atoms with Crippen LogP contribution < -0.4 is 21.8 Å². The van der Waals surface area contributed by atoms with Crippen LogP contribution in [0.2, 0.25) is 0 Å². The lowest BCUT2D eigenvalue weighted by atomic mass is 9.98. The molecule has 1 heterocycles. The molecule has 1 aliphatic heterocycles. The van der Waals surface area contributed by atoms with Gasteiger partial charge in [-0.05, 0) is 37.9 Å². The number of aliphatic carboxylic acids is 1. The van der Waals surface area contributed by atoms with Crippen molar-refractivity contribution in [2.75, 3.05) is 19.8 Å². The van der Waals surface area contributed by atoms with Crippen LogP contribution >= 0.6 is 8.15 Å². The Labute approximate surface area is 273 Å². The van der Waals surface area contributed by atoms with Crippen molar-refractivity contribution < 1.29 is 38.3 Å². The lowest BCUT2D eigenvalue weighted by Gasteiger charge is -2.37. The highest BCUT2D eigenvalue weighted by molar-refractivity contribution is 7.60. The second kappa shape index (κ2) is 19.0. The summed E-state index contributed by atoms with van der Waals surface area (Å²) in [7, 11) is -1.16. The zero-order chi connectivity index (χ0) is 34.2. The van der Waals surface area contributed by atoms with Crippen LogP contribution in [0.4, 0.5) is 4.79 Å². The summed E-state index contributed by atoms with van der Waals surface area (Å²) in [4.78, 5) is 66.1. The van der Waals surface area contributed by atoms with Crippen molar-refractivity contribution in [3.8, 4) is 0 Å². The number of carboxylic acids is 1. The Hall–Kier alpha value is -4.75. The molecule has 4 unspecified atom stereocenters. The van der Waals surface area contributed by atoms with Crippen molar-refractivity contribution in [2.45, 2.75) is 63.3 Å². The molecule has 0 radical (unpaired) electrons. The standard InChI is InChI=1S/C31H40N7O8P/c1-47(22-12-6-3-7-13-22)46-20-26(39)24(18-28(40)41)34-29(42)25-14-8-9-17-38(25)30(43)23(15-16-27(32)36-37-33)35-31(44)45-19-21-10-4-2-5-11-21/h2-7,10-13,23-25H,8-9,14-20H2,1H3,(H,34,42)(H,35,44)(H,40,41)(H3,32,33,36). The summed E-state index contributed by atoms with van der Waals surface area (Å²) in [6.45, 7) is 1.53. The molecule has 1 fully saturated rings. The molecule has 4 atom stereocenters. The number of amides is 3. The molecule has 16 heteroatoms. The van der Waals surface area contributed by atoms with E-state index in [2.05, 4.69) is 21.0 Å². The minimum atomic E-state index is -1.39. The van der Waals surface area contributed by atoms with Crippen LogP contribution in [-0.2, 0) is 35.0 Å². The SMILES string of the molecule is CP(OCC(=O)C(CC(=O)O)NC(=O)C1CCCCN1C(=O)C(CCC(=N)N=NN)NC(=O)OCc1ccccc1)c1ccccc1. The number of hydrogen-bond donors (Lipinski definition) is 5. The molecule has 2 aromatic rings. The first-order valence-corrected chi connectivity index (χ1v) is 16.7. The number of carbonyl (C=O) groups is 5. The molecule has 1 aliphatic rings. The third kappa shape index (κ3) is 12.2. The maximum absolute atomic E-state index is 13.9. The molecule has 1 saturated heterocycles. The molecule has 3 amide bonds. The van der Waals surface area contributed by atoms with E-state index in [1.165, 1.54) is 4.90 Å². The number of ketones is 1. The van der Waals surface area contributed by atoms with Gasteiger partial charge in [0.15, 0.2) is 5.78 Å². The van der Waals surface area contributed by atoms with Crippen LogP contribution in [0, 0.1) is 5.41 Å². The molecule has 0 spiro atoms. The van der Waals surface area contributed by atoms with E-state index in [9.17, 15) is 29.1 Å².